The topological polar surface area (TPSA) is 144 Å². The minimum absolute atomic E-state index is 0.0334. The number of anilines is 1. The SMILES string of the molecule is Cc1nc(CN(C)C(=O)c2cc(N)ncc2[N+](=O)[O-])n[nH]1. The van der Waals surface area contributed by atoms with Crippen LogP contribution in [0.15, 0.2) is 12.3 Å². The van der Waals surface area contributed by atoms with E-state index in [-0.39, 0.29) is 17.9 Å². The second kappa shape index (κ2) is 5.53. The number of hydrogen-bond acceptors (Lipinski definition) is 7. The molecule has 0 spiro atoms. The minimum atomic E-state index is -0.676. The van der Waals surface area contributed by atoms with Crippen molar-refractivity contribution in [2.45, 2.75) is 13.5 Å². The Morgan fingerprint density at radius 2 is 2.29 bits per heavy atom. The van der Waals surface area contributed by atoms with Gasteiger partial charge in [-0.15, -0.1) is 0 Å². The Bertz CT molecular complexity index is 697. The highest BCUT2D eigenvalue weighted by Crippen LogP contribution is 2.20. The predicted octanol–water partition coefficient (Wildman–Crippen LogP) is 0.271. The molecule has 1 amide bonds. The summed E-state index contributed by atoms with van der Waals surface area (Å²) >= 11 is 0. The number of hydrogen-bond donors (Lipinski definition) is 2. The monoisotopic (exact) mass is 291 g/mol. The van der Waals surface area contributed by atoms with Gasteiger partial charge in [0.2, 0.25) is 0 Å². The number of carbonyl (C=O) groups excluding carboxylic acids is 1. The number of pyridine rings is 1. The number of amides is 1. The summed E-state index contributed by atoms with van der Waals surface area (Å²) in [6.07, 6.45) is 0.966. The molecule has 0 aliphatic heterocycles. The molecule has 0 radical (unpaired) electrons. The number of rotatable bonds is 4. The zero-order valence-corrected chi connectivity index (χ0v) is 11.4. The molecule has 0 saturated heterocycles. The molecule has 0 aliphatic carbocycles. The molecule has 2 heterocycles. The second-order valence-corrected chi connectivity index (χ2v) is 4.38. The number of aryl methyl sites for hydroxylation is 1. The molecule has 0 bridgehead atoms. The molecule has 2 aromatic rings. The molecule has 2 aromatic heterocycles. The molecule has 110 valence electrons. The van der Waals surface area contributed by atoms with Crippen LogP contribution >= 0.6 is 0 Å². The van der Waals surface area contributed by atoms with Gasteiger partial charge in [0, 0.05) is 7.05 Å². The van der Waals surface area contributed by atoms with Gasteiger partial charge in [0.25, 0.3) is 11.6 Å². The van der Waals surface area contributed by atoms with Gasteiger partial charge in [0.15, 0.2) is 5.82 Å². The molecule has 3 N–H and O–H groups in total. The Labute approximate surface area is 119 Å². The molecule has 0 fully saturated rings. The number of aromatic nitrogens is 4. The zero-order chi connectivity index (χ0) is 15.6. The van der Waals surface area contributed by atoms with E-state index in [1.807, 2.05) is 0 Å². The van der Waals surface area contributed by atoms with Gasteiger partial charge in [-0.05, 0) is 13.0 Å². The third-order valence-corrected chi connectivity index (χ3v) is 2.70. The van der Waals surface area contributed by atoms with Crippen molar-refractivity contribution in [1.82, 2.24) is 25.1 Å². The lowest BCUT2D eigenvalue weighted by atomic mass is 10.2. The van der Waals surface area contributed by atoms with Crippen LogP contribution in [0.3, 0.4) is 0 Å². The number of nitrogens with zero attached hydrogens (tertiary/aromatic N) is 5. The van der Waals surface area contributed by atoms with Crippen LogP contribution in [0, 0.1) is 17.0 Å². The number of nitrogens with one attached hydrogen (secondary N) is 1. The van der Waals surface area contributed by atoms with E-state index in [1.54, 1.807) is 6.92 Å². The average molecular weight is 291 g/mol. The van der Waals surface area contributed by atoms with Gasteiger partial charge in [-0.25, -0.2) is 9.97 Å². The first-order valence-corrected chi connectivity index (χ1v) is 5.91. The molecular weight excluding hydrogens is 278 g/mol. The van der Waals surface area contributed by atoms with E-state index in [9.17, 15) is 14.9 Å². The van der Waals surface area contributed by atoms with Crippen molar-refractivity contribution in [2.24, 2.45) is 0 Å². The number of nitrogen functional groups attached to an aromatic ring is 1. The van der Waals surface area contributed by atoms with Gasteiger partial charge >= 0.3 is 0 Å². The van der Waals surface area contributed by atoms with Crippen molar-refractivity contribution >= 4 is 17.4 Å². The van der Waals surface area contributed by atoms with Gasteiger partial charge in [0.1, 0.15) is 23.4 Å². The molecule has 0 saturated carbocycles. The maximum absolute atomic E-state index is 12.3. The summed E-state index contributed by atoms with van der Waals surface area (Å²) in [6.45, 7) is 1.84. The van der Waals surface area contributed by atoms with Crippen molar-refractivity contribution in [2.75, 3.05) is 12.8 Å². The van der Waals surface area contributed by atoms with Crippen molar-refractivity contribution in [3.63, 3.8) is 0 Å². The lowest BCUT2D eigenvalue weighted by Crippen LogP contribution is -2.27. The number of carbonyl (C=O) groups is 1. The lowest BCUT2D eigenvalue weighted by molar-refractivity contribution is -0.385. The summed E-state index contributed by atoms with van der Waals surface area (Å²) < 4.78 is 0. The lowest BCUT2D eigenvalue weighted by Gasteiger charge is -2.15. The number of aromatic amines is 1. The van der Waals surface area contributed by atoms with Crippen molar-refractivity contribution in [1.29, 1.82) is 0 Å². The predicted molar refractivity (Wildman–Crippen MR) is 72.2 cm³/mol. The average Bonchev–Trinajstić information content (AvgIpc) is 2.82. The Balaban J connectivity index is 2.26. The Kier molecular flexibility index (Phi) is 3.78. The summed E-state index contributed by atoms with van der Waals surface area (Å²) in [7, 11) is 1.49. The summed E-state index contributed by atoms with van der Waals surface area (Å²) in [5.74, 6) is 0.502. The van der Waals surface area contributed by atoms with E-state index in [1.165, 1.54) is 18.0 Å². The first kappa shape index (κ1) is 14.4. The van der Waals surface area contributed by atoms with Crippen molar-refractivity contribution in [3.8, 4) is 0 Å². The van der Waals surface area contributed by atoms with Crippen LogP contribution in [0.1, 0.15) is 22.0 Å². The van der Waals surface area contributed by atoms with Crippen LogP contribution in [-0.2, 0) is 6.54 Å². The minimum Gasteiger partial charge on any atom is -0.384 e. The first-order valence-electron chi connectivity index (χ1n) is 5.91. The van der Waals surface area contributed by atoms with E-state index >= 15 is 0 Å². The van der Waals surface area contributed by atoms with Gasteiger partial charge in [-0.3, -0.25) is 20.0 Å². The molecule has 21 heavy (non-hydrogen) atoms. The molecular formula is C11H13N7O3. The summed E-state index contributed by atoms with van der Waals surface area (Å²) in [5.41, 5.74) is 4.97. The number of H-pyrrole nitrogens is 1. The quantitative estimate of drug-likeness (QED) is 0.607. The first-order chi connectivity index (χ1) is 9.88. The zero-order valence-electron chi connectivity index (χ0n) is 11.4. The van der Waals surface area contributed by atoms with Crippen LogP contribution in [-0.4, -0.2) is 42.9 Å². The molecule has 10 heteroatoms. The number of nitrogens with two attached hydrogens (primary N) is 1. The third kappa shape index (κ3) is 3.11. The van der Waals surface area contributed by atoms with Crippen molar-refractivity contribution in [3.05, 3.63) is 39.6 Å². The van der Waals surface area contributed by atoms with Gasteiger partial charge in [-0.2, -0.15) is 5.10 Å². The second-order valence-electron chi connectivity index (χ2n) is 4.38. The van der Waals surface area contributed by atoms with E-state index in [2.05, 4.69) is 20.2 Å². The maximum atomic E-state index is 12.3. The van der Waals surface area contributed by atoms with Crippen molar-refractivity contribution < 1.29 is 9.72 Å². The van der Waals surface area contributed by atoms with E-state index in [4.69, 9.17) is 5.73 Å². The Hall–Kier alpha value is -3.04. The molecule has 2 rings (SSSR count). The van der Waals surface area contributed by atoms with E-state index in [0.29, 0.717) is 11.6 Å². The highest BCUT2D eigenvalue weighted by Gasteiger charge is 2.24. The largest absolute Gasteiger partial charge is 0.384 e. The maximum Gasteiger partial charge on any atom is 0.300 e. The fraction of sp³-hybridized carbons (Fsp3) is 0.273. The molecule has 0 unspecified atom stereocenters. The third-order valence-electron chi connectivity index (χ3n) is 2.70. The van der Waals surface area contributed by atoms with Crippen LogP contribution in [0.25, 0.3) is 0 Å². The van der Waals surface area contributed by atoms with Gasteiger partial charge < -0.3 is 10.6 Å². The summed E-state index contributed by atoms with van der Waals surface area (Å²) in [5, 5.41) is 17.5. The van der Waals surface area contributed by atoms with Crippen LogP contribution in [0.4, 0.5) is 11.5 Å². The molecule has 0 aliphatic rings. The molecule has 0 atom stereocenters. The fourth-order valence-electron chi connectivity index (χ4n) is 1.73. The molecule has 10 nitrogen and oxygen atoms in total. The van der Waals surface area contributed by atoms with Crippen LogP contribution < -0.4 is 5.73 Å². The highest BCUT2D eigenvalue weighted by atomic mass is 16.6. The Morgan fingerprint density at radius 1 is 1.57 bits per heavy atom. The summed E-state index contributed by atoms with van der Waals surface area (Å²) in [6, 6.07) is 1.18. The smallest absolute Gasteiger partial charge is 0.300 e. The van der Waals surface area contributed by atoms with Crippen LogP contribution in [0.2, 0.25) is 0 Å². The van der Waals surface area contributed by atoms with Gasteiger partial charge in [0.05, 0.1) is 11.5 Å². The van der Waals surface area contributed by atoms with Crippen LogP contribution in [0.5, 0.6) is 0 Å². The van der Waals surface area contributed by atoms with E-state index < -0.39 is 16.5 Å². The van der Waals surface area contributed by atoms with Gasteiger partial charge in [-0.1, -0.05) is 0 Å². The highest BCUT2D eigenvalue weighted by molar-refractivity contribution is 5.98. The normalized spacial score (nSPS) is 10.4. The number of nitro groups is 1. The summed E-state index contributed by atoms with van der Waals surface area (Å²) in [4.78, 5) is 31.5. The fourth-order valence-corrected chi connectivity index (χ4v) is 1.73. The van der Waals surface area contributed by atoms with E-state index in [0.717, 1.165) is 6.20 Å². The molecule has 0 aromatic carbocycles. The standard InChI is InChI=1S/C11H13N7O3/c1-6-14-10(16-15-6)5-17(2)11(19)7-3-9(12)13-4-8(7)18(20)21/h3-4H,5H2,1-2H3,(H2,12,13)(H,14,15,16). The Morgan fingerprint density at radius 3 is 2.86 bits per heavy atom.